The van der Waals surface area contributed by atoms with Gasteiger partial charge in [0.25, 0.3) is 5.91 Å². The van der Waals surface area contributed by atoms with E-state index in [0.29, 0.717) is 12.1 Å². The molecule has 2 N–H and O–H groups in total. The predicted molar refractivity (Wildman–Crippen MR) is 92.1 cm³/mol. The van der Waals surface area contributed by atoms with E-state index in [0.717, 1.165) is 30.3 Å². The smallest absolute Gasteiger partial charge is 0.251 e. The van der Waals surface area contributed by atoms with Gasteiger partial charge in [-0.15, -0.1) is 0 Å². The second kappa shape index (κ2) is 9.16. The molecule has 0 saturated heterocycles. The molecule has 0 fully saturated rings. The summed E-state index contributed by atoms with van der Waals surface area (Å²) >= 11 is 0. The molecule has 0 atom stereocenters. The summed E-state index contributed by atoms with van der Waals surface area (Å²) in [6.07, 6.45) is 3.99. The van der Waals surface area contributed by atoms with Crippen molar-refractivity contribution in [3.63, 3.8) is 0 Å². The Hall–Kier alpha value is -2.07. The minimum absolute atomic E-state index is 0.0803. The van der Waals surface area contributed by atoms with Gasteiger partial charge in [0, 0.05) is 12.1 Å². The van der Waals surface area contributed by atoms with Crippen LogP contribution in [0.5, 0.6) is 0 Å². The highest BCUT2D eigenvalue weighted by Crippen LogP contribution is 2.08. The lowest BCUT2D eigenvalue weighted by molar-refractivity contribution is 0.0948. The second-order valence-corrected chi connectivity index (χ2v) is 5.78. The Balaban J connectivity index is 1.84. The first-order valence-electron chi connectivity index (χ1n) is 8.33. The number of carbonyl (C=O) groups is 1. The summed E-state index contributed by atoms with van der Waals surface area (Å²) in [6.45, 7) is 6.65. The molecule has 0 aliphatic rings. The summed E-state index contributed by atoms with van der Waals surface area (Å²) < 4.78 is 5.22. The molecule has 0 aliphatic heterocycles. The van der Waals surface area contributed by atoms with Gasteiger partial charge in [-0.05, 0) is 42.3 Å². The molecule has 23 heavy (non-hydrogen) atoms. The Bertz CT molecular complexity index is 589. The van der Waals surface area contributed by atoms with Gasteiger partial charge in [-0.3, -0.25) is 4.79 Å². The molecule has 1 heterocycles. The largest absolute Gasteiger partial charge is 0.467 e. The third-order valence-electron chi connectivity index (χ3n) is 4.11. The minimum atomic E-state index is -0.0803. The highest BCUT2D eigenvalue weighted by atomic mass is 16.3. The van der Waals surface area contributed by atoms with Crippen LogP contribution in [0.2, 0.25) is 0 Å². The van der Waals surface area contributed by atoms with Crippen LogP contribution >= 0.6 is 0 Å². The zero-order valence-electron chi connectivity index (χ0n) is 14.0. The van der Waals surface area contributed by atoms with E-state index in [4.69, 9.17) is 4.42 Å². The molecule has 4 heteroatoms. The molecule has 0 aliphatic carbocycles. The Morgan fingerprint density at radius 1 is 1.13 bits per heavy atom. The summed E-state index contributed by atoms with van der Waals surface area (Å²) in [5.74, 6) is 1.39. The Kier molecular flexibility index (Phi) is 6.88. The molecular formula is C19H26N2O2. The molecule has 2 rings (SSSR count). The van der Waals surface area contributed by atoms with Crippen molar-refractivity contribution in [1.29, 1.82) is 0 Å². The molecule has 0 unspecified atom stereocenters. The maximum atomic E-state index is 12.2. The van der Waals surface area contributed by atoms with E-state index < -0.39 is 0 Å². The first-order chi connectivity index (χ1) is 11.2. The van der Waals surface area contributed by atoms with Crippen LogP contribution in [0.25, 0.3) is 0 Å². The summed E-state index contributed by atoms with van der Waals surface area (Å²) in [6, 6.07) is 11.4. The third kappa shape index (κ3) is 5.57. The topological polar surface area (TPSA) is 54.3 Å². The van der Waals surface area contributed by atoms with Crippen molar-refractivity contribution in [1.82, 2.24) is 10.6 Å². The van der Waals surface area contributed by atoms with Crippen molar-refractivity contribution >= 4 is 5.91 Å². The molecule has 0 spiro atoms. The average Bonchev–Trinajstić information content (AvgIpc) is 3.10. The van der Waals surface area contributed by atoms with Crippen molar-refractivity contribution in [2.45, 2.75) is 39.8 Å². The molecule has 0 bridgehead atoms. The van der Waals surface area contributed by atoms with Crippen LogP contribution in [0.4, 0.5) is 0 Å². The number of hydrogen-bond acceptors (Lipinski definition) is 3. The van der Waals surface area contributed by atoms with Gasteiger partial charge in [-0.25, -0.2) is 0 Å². The number of furan rings is 1. The van der Waals surface area contributed by atoms with Crippen LogP contribution < -0.4 is 10.6 Å². The van der Waals surface area contributed by atoms with Gasteiger partial charge in [0.2, 0.25) is 0 Å². The first-order valence-corrected chi connectivity index (χ1v) is 8.33. The van der Waals surface area contributed by atoms with Gasteiger partial charge in [0.15, 0.2) is 0 Å². The van der Waals surface area contributed by atoms with Crippen molar-refractivity contribution in [2.24, 2.45) is 5.92 Å². The molecule has 1 aromatic carbocycles. The molecule has 124 valence electrons. The molecule has 1 amide bonds. The van der Waals surface area contributed by atoms with E-state index >= 15 is 0 Å². The molecule has 1 aromatic heterocycles. The Morgan fingerprint density at radius 2 is 1.96 bits per heavy atom. The van der Waals surface area contributed by atoms with Crippen LogP contribution in [-0.4, -0.2) is 12.5 Å². The lowest BCUT2D eigenvalue weighted by Gasteiger charge is -2.13. The zero-order valence-corrected chi connectivity index (χ0v) is 14.0. The lowest BCUT2D eigenvalue weighted by Crippen LogP contribution is -2.24. The van der Waals surface area contributed by atoms with Crippen LogP contribution in [0, 0.1) is 5.92 Å². The van der Waals surface area contributed by atoms with Gasteiger partial charge in [0.05, 0.1) is 12.8 Å². The number of hydrogen-bond donors (Lipinski definition) is 2. The first kappa shape index (κ1) is 17.3. The van der Waals surface area contributed by atoms with Crippen LogP contribution in [0.3, 0.4) is 0 Å². The summed E-state index contributed by atoms with van der Waals surface area (Å²) in [5, 5.41) is 6.35. The SMILES string of the molecule is CCC(CC)CNCc1cccc(C(=O)NCc2ccco2)c1. The van der Waals surface area contributed by atoms with E-state index in [1.165, 1.54) is 12.8 Å². The molecule has 0 saturated carbocycles. The van der Waals surface area contributed by atoms with Crippen molar-refractivity contribution < 1.29 is 9.21 Å². The Morgan fingerprint density at radius 3 is 2.65 bits per heavy atom. The second-order valence-electron chi connectivity index (χ2n) is 5.78. The van der Waals surface area contributed by atoms with Gasteiger partial charge < -0.3 is 15.1 Å². The quantitative estimate of drug-likeness (QED) is 0.741. The lowest BCUT2D eigenvalue weighted by atomic mass is 10.0. The molecular weight excluding hydrogens is 288 g/mol. The summed E-state index contributed by atoms with van der Waals surface area (Å²) in [5.41, 5.74) is 1.81. The number of carbonyl (C=O) groups excluding carboxylic acids is 1. The molecule has 4 nitrogen and oxygen atoms in total. The van der Waals surface area contributed by atoms with E-state index in [2.05, 4.69) is 24.5 Å². The summed E-state index contributed by atoms with van der Waals surface area (Å²) in [7, 11) is 0. The summed E-state index contributed by atoms with van der Waals surface area (Å²) in [4.78, 5) is 12.2. The minimum Gasteiger partial charge on any atom is -0.467 e. The van der Waals surface area contributed by atoms with Crippen LogP contribution in [0.15, 0.2) is 47.1 Å². The number of amides is 1. The van der Waals surface area contributed by atoms with E-state index in [9.17, 15) is 4.79 Å². The number of benzene rings is 1. The van der Waals surface area contributed by atoms with Crippen molar-refractivity contribution in [3.8, 4) is 0 Å². The predicted octanol–water partition coefficient (Wildman–Crippen LogP) is 3.74. The maximum Gasteiger partial charge on any atom is 0.251 e. The zero-order chi connectivity index (χ0) is 16.5. The highest BCUT2D eigenvalue weighted by molar-refractivity contribution is 5.94. The fourth-order valence-electron chi connectivity index (χ4n) is 2.50. The van der Waals surface area contributed by atoms with Gasteiger partial charge in [0.1, 0.15) is 5.76 Å². The molecule has 0 radical (unpaired) electrons. The highest BCUT2D eigenvalue weighted by Gasteiger charge is 2.07. The Labute approximate surface area is 138 Å². The average molecular weight is 314 g/mol. The van der Waals surface area contributed by atoms with Crippen LogP contribution in [-0.2, 0) is 13.1 Å². The normalized spacial score (nSPS) is 10.9. The van der Waals surface area contributed by atoms with E-state index in [-0.39, 0.29) is 5.91 Å². The third-order valence-corrected chi connectivity index (χ3v) is 4.11. The molecule has 2 aromatic rings. The standard InChI is InChI=1S/C19H26N2O2/c1-3-15(4-2)12-20-13-16-7-5-8-17(11-16)19(22)21-14-18-9-6-10-23-18/h5-11,15,20H,3-4,12-14H2,1-2H3,(H,21,22). The van der Waals surface area contributed by atoms with E-state index in [1.807, 2.05) is 36.4 Å². The van der Waals surface area contributed by atoms with E-state index in [1.54, 1.807) is 6.26 Å². The number of rotatable bonds is 9. The van der Waals surface area contributed by atoms with Crippen molar-refractivity contribution in [3.05, 3.63) is 59.5 Å². The maximum absolute atomic E-state index is 12.2. The number of nitrogens with one attached hydrogen (secondary N) is 2. The van der Waals surface area contributed by atoms with Gasteiger partial charge >= 0.3 is 0 Å². The fraction of sp³-hybridized carbons (Fsp3) is 0.421. The van der Waals surface area contributed by atoms with Crippen LogP contribution in [0.1, 0.15) is 48.4 Å². The van der Waals surface area contributed by atoms with Gasteiger partial charge in [-0.2, -0.15) is 0 Å². The van der Waals surface area contributed by atoms with Gasteiger partial charge in [-0.1, -0.05) is 38.8 Å². The fourth-order valence-corrected chi connectivity index (χ4v) is 2.50. The van der Waals surface area contributed by atoms with Crippen molar-refractivity contribution in [2.75, 3.05) is 6.54 Å². The monoisotopic (exact) mass is 314 g/mol.